The molecule has 1 atom stereocenters. The lowest BCUT2D eigenvalue weighted by atomic mass is 10.00. The summed E-state index contributed by atoms with van der Waals surface area (Å²) in [6.45, 7) is 2.25. The van der Waals surface area contributed by atoms with Crippen molar-refractivity contribution in [1.82, 2.24) is 0 Å². The Balaban J connectivity index is 2.35. The maximum absolute atomic E-state index is 5.23. The van der Waals surface area contributed by atoms with Gasteiger partial charge in [-0.2, -0.15) is 0 Å². The molecule has 0 unspecified atom stereocenters. The molecular weight excluding hydrogens is 192 g/mol. The van der Waals surface area contributed by atoms with Crippen LogP contribution in [0.1, 0.15) is 12.5 Å². The quantitative estimate of drug-likeness (QED) is 0.687. The minimum atomic E-state index is 0.133. The third-order valence-electron chi connectivity index (χ3n) is 2.56. The molecule has 0 N–H and O–H groups in total. The average Bonchev–Trinajstić information content (AvgIpc) is 2.67. The van der Waals surface area contributed by atoms with Crippen LogP contribution >= 0.6 is 11.8 Å². The number of hydrogen-bond donors (Lipinski definition) is 0. The van der Waals surface area contributed by atoms with Crippen molar-refractivity contribution in [2.75, 3.05) is 12.9 Å². The Kier molecular flexibility index (Phi) is 2.55. The van der Waals surface area contributed by atoms with Gasteiger partial charge in [0.05, 0.1) is 11.9 Å². The van der Waals surface area contributed by atoms with Crippen molar-refractivity contribution in [3.8, 4) is 5.75 Å². The van der Waals surface area contributed by atoms with E-state index in [1.807, 2.05) is 23.9 Å². The molecule has 0 fully saturated rings. The molecule has 1 aromatic rings. The van der Waals surface area contributed by atoms with E-state index >= 15 is 0 Å². The Bertz CT molecular complexity index is 359. The fourth-order valence-electron chi connectivity index (χ4n) is 1.65. The van der Waals surface area contributed by atoms with Crippen LogP contribution in [0.25, 0.3) is 0 Å². The first kappa shape index (κ1) is 9.66. The van der Waals surface area contributed by atoms with Crippen LogP contribution in [0.4, 0.5) is 0 Å². The van der Waals surface area contributed by atoms with Crippen molar-refractivity contribution in [3.63, 3.8) is 0 Å². The monoisotopic (exact) mass is 206 g/mol. The maximum Gasteiger partial charge on any atom is 0.119 e. The van der Waals surface area contributed by atoms with E-state index in [-0.39, 0.29) is 4.75 Å². The van der Waals surface area contributed by atoms with Crippen molar-refractivity contribution in [3.05, 3.63) is 42.0 Å². The number of methoxy groups -OCH3 is 1. The van der Waals surface area contributed by atoms with Gasteiger partial charge in [-0.3, -0.25) is 0 Å². The van der Waals surface area contributed by atoms with Crippen LogP contribution in [0, 0.1) is 0 Å². The summed E-state index contributed by atoms with van der Waals surface area (Å²) in [7, 11) is 1.71. The molecule has 0 amide bonds. The summed E-state index contributed by atoms with van der Waals surface area (Å²) in [4.78, 5) is 0. The zero-order chi connectivity index (χ0) is 10.0. The predicted octanol–water partition coefficient (Wildman–Crippen LogP) is 3.21. The molecule has 1 nitrogen and oxygen atoms in total. The second kappa shape index (κ2) is 3.70. The number of ether oxygens (including phenoxy) is 1. The molecule has 2 heteroatoms. The third kappa shape index (κ3) is 1.67. The lowest BCUT2D eigenvalue weighted by Crippen LogP contribution is -2.10. The Morgan fingerprint density at radius 2 is 2.29 bits per heavy atom. The molecule has 2 rings (SSSR count). The largest absolute Gasteiger partial charge is 0.497 e. The molecule has 74 valence electrons. The summed E-state index contributed by atoms with van der Waals surface area (Å²) in [5.41, 5.74) is 1.32. The van der Waals surface area contributed by atoms with E-state index in [1.165, 1.54) is 5.56 Å². The summed E-state index contributed by atoms with van der Waals surface area (Å²) in [5.74, 6) is 2.04. The molecule has 1 aliphatic heterocycles. The molecule has 14 heavy (non-hydrogen) atoms. The highest BCUT2D eigenvalue weighted by Gasteiger charge is 2.26. The van der Waals surface area contributed by atoms with Gasteiger partial charge >= 0.3 is 0 Å². The van der Waals surface area contributed by atoms with E-state index in [2.05, 4.69) is 31.2 Å². The summed E-state index contributed by atoms with van der Waals surface area (Å²) >= 11 is 1.95. The van der Waals surface area contributed by atoms with Crippen LogP contribution in [0.3, 0.4) is 0 Å². The Labute approximate surface area is 89.2 Å². The standard InChI is InChI=1S/C12H14OS/c1-12(7-4-8-14-12)10-5-3-6-11(9-10)13-2/h3-7,9H,8H2,1-2H3/t12-/m1/s1. The number of thioether (sulfide) groups is 1. The van der Waals surface area contributed by atoms with E-state index in [9.17, 15) is 0 Å². The fraction of sp³-hybridized carbons (Fsp3) is 0.333. The van der Waals surface area contributed by atoms with E-state index in [4.69, 9.17) is 4.74 Å². The van der Waals surface area contributed by atoms with Gasteiger partial charge in [-0.25, -0.2) is 0 Å². The molecule has 0 radical (unpaired) electrons. The zero-order valence-electron chi connectivity index (χ0n) is 8.49. The summed E-state index contributed by atoms with van der Waals surface area (Å²) in [6.07, 6.45) is 4.50. The van der Waals surface area contributed by atoms with Gasteiger partial charge in [-0.15, -0.1) is 11.8 Å². The van der Waals surface area contributed by atoms with Crippen LogP contribution in [0.2, 0.25) is 0 Å². The van der Waals surface area contributed by atoms with Crippen LogP contribution in [0.5, 0.6) is 5.75 Å². The molecule has 1 heterocycles. The molecule has 1 aliphatic rings. The maximum atomic E-state index is 5.23. The Hall–Kier alpha value is -0.890. The SMILES string of the molecule is COc1cccc([C@@]2(C)C=CCS2)c1. The Morgan fingerprint density at radius 1 is 1.43 bits per heavy atom. The fourth-order valence-corrected chi connectivity index (χ4v) is 2.68. The third-order valence-corrected chi connectivity index (χ3v) is 3.89. The normalized spacial score (nSPS) is 25.3. The lowest BCUT2D eigenvalue weighted by Gasteiger charge is -2.21. The van der Waals surface area contributed by atoms with Gasteiger partial charge in [-0.05, 0) is 24.6 Å². The highest BCUT2D eigenvalue weighted by atomic mass is 32.2. The summed E-state index contributed by atoms with van der Waals surface area (Å²) < 4.78 is 5.36. The van der Waals surface area contributed by atoms with Crippen molar-refractivity contribution < 1.29 is 4.74 Å². The second-order valence-electron chi connectivity index (χ2n) is 3.55. The first-order valence-corrected chi connectivity index (χ1v) is 5.69. The van der Waals surface area contributed by atoms with Crippen molar-refractivity contribution >= 4 is 11.8 Å². The molecule has 0 aromatic heterocycles. The van der Waals surface area contributed by atoms with Gasteiger partial charge in [0.2, 0.25) is 0 Å². The molecule has 0 saturated heterocycles. The molecule has 0 spiro atoms. The first-order valence-electron chi connectivity index (χ1n) is 4.71. The first-order chi connectivity index (χ1) is 6.74. The average molecular weight is 206 g/mol. The van der Waals surface area contributed by atoms with E-state index in [1.54, 1.807) is 7.11 Å². The smallest absolute Gasteiger partial charge is 0.119 e. The van der Waals surface area contributed by atoms with Gasteiger partial charge < -0.3 is 4.74 Å². The van der Waals surface area contributed by atoms with Crippen molar-refractivity contribution in [1.29, 1.82) is 0 Å². The minimum absolute atomic E-state index is 0.133. The Morgan fingerprint density at radius 3 is 2.93 bits per heavy atom. The minimum Gasteiger partial charge on any atom is -0.497 e. The van der Waals surface area contributed by atoms with E-state index in [0.717, 1.165) is 11.5 Å². The van der Waals surface area contributed by atoms with E-state index in [0.29, 0.717) is 0 Å². The van der Waals surface area contributed by atoms with Crippen LogP contribution < -0.4 is 4.74 Å². The molecule has 1 aromatic carbocycles. The van der Waals surface area contributed by atoms with Crippen molar-refractivity contribution in [2.45, 2.75) is 11.7 Å². The molecular formula is C12H14OS. The number of hydrogen-bond acceptors (Lipinski definition) is 2. The number of rotatable bonds is 2. The zero-order valence-corrected chi connectivity index (χ0v) is 9.30. The van der Waals surface area contributed by atoms with Crippen LogP contribution in [-0.4, -0.2) is 12.9 Å². The van der Waals surface area contributed by atoms with Gasteiger partial charge in [0.1, 0.15) is 5.75 Å². The highest BCUT2D eigenvalue weighted by Crippen LogP contribution is 2.42. The van der Waals surface area contributed by atoms with Gasteiger partial charge in [0.25, 0.3) is 0 Å². The summed E-state index contributed by atoms with van der Waals surface area (Å²) in [5, 5.41) is 0. The molecule has 0 aliphatic carbocycles. The van der Waals surface area contributed by atoms with Crippen LogP contribution in [0.15, 0.2) is 36.4 Å². The summed E-state index contributed by atoms with van der Waals surface area (Å²) in [6, 6.07) is 8.30. The van der Waals surface area contributed by atoms with E-state index < -0.39 is 0 Å². The van der Waals surface area contributed by atoms with Gasteiger partial charge in [0, 0.05) is 5.75 Å². The molecule has 0 saturated carbocycles. The van der Waals surface area contributed by atoms with Crippen molar-refractivity contribution in [2.24, 2.45) is 0 Å². The highest BCUT2D eigenvalue weighted by molar-refractivity contribution is 8.00. The van der Waals surface area contributed by atoms with Gasteiger partial charge in [0.15, 0.2) is 0 Å². The predicted molar refractivity (Wildman–Crippen MR) is 61.9 cm³/mol. The molecule has 0 bridgehead atoms. The van der Waals surface area contributed by atoms with Gasteiger partial charge in [-0.1, -0.05) is 24.3 Å². The van der Waals surface area contributed by atoms with Crippen LogP contribution in [-0.2, 0) is 4.75 Å². The topological polar surface area (TPSA) is 9.23 Å². The second-order valence-corrected chi connectivity index (χ2v) is 5.02. The number of benzene rings is 1. The lowest BCUT2D eigenvalue weighted by molar-refractivity contribution is 0.414.